The molecule has 0 spiro atoms. The third-order valence-corrected chi connectivity index (χ3v) is 5.42. The van der Waals surface area contributed by atoms with Gasteiger partial charge in [0.05, 0.1) is 12.1 Å². The van der Waals surface area contributed by atoms with Gasteiger partial charge in [0.2, 0.25) is 5.95 Å². The monoisotopic (exact) mass is 396 g/mol. The molecule has 2 atom stereocenters. The van der Waals surface area contributed by atoms with Crippen LogP contribution >= 0.6 is 15.9 Å². The van der Waals surface area contributed by atoms with Crippen LogP contribution in [0.1, 0.15) is 55.0 Å². The van der Waals surface area contributed by atoms with E-state index >= 15 is 0 Å². The summed E-state index contributed by atoms with van der Waals surface area (Å²) in [6, 6.07) is 17.8. The summed E-state index contributed by atoms with van der Waals surface area (Å²) < 4.78 is 3.08. The standard InChI is InChI=1S/C20H21BrN4/c1-13(2)14-3-5-15(6-4-14)18-11-19(16-7-9-17(21)10-8-16)25-20(24-18)22-12-23-25/h3-10,12-13,18-19H,11H2,1-2H3,(H,22,23,24)/t18-,19-/m1/s1. The molecule has 0 saturated carbocycles. The summed E-state index contributed by atoms with van der Waals surface area (Å²) in [6.07, 6.45) is 2.57. The van der Waals surface area contributed by atoms with E-state index in [1.54, 1.807) is 6.33 Å². The Morgan fingerprint density at radius 3 is 2.40 bits per heavy atom. The third-order valence-electron chi connectivity index (χ3n) is 4.89. The Bertz CT molecular complexity index is 852. The van der Waals surface area contributed by atoms with E-state index in [0.29, 0.717) is 5.92 Å². The van der Waals surface area contributed by atoms with Crippen molar-refractivity contribution in [2.24, 2.45) is 0 Å². The van der Waals surface area contributed by atoms with E-state index in [9.17, 15) is 0 Å². The molecule has 25 heavy (non-hydrogen) atoms. The molecule has 4 rings (SSSR count). The molecule has 0 fully saturated rings. The van der Waals surface area contributed by atoms with Gasteiger partial charge in [0.15, 0.2) is 0 Å². The van der Waals surface area contributed by atoms with Crippen molar-refractivity contribution >= 4 is 21.9 Å². The van der Waals surface area contributed by atoms with Gasteiger partial charge < -0.3 is 5.32 Å². The molecule has 0 bridgehead atoms. The average molecular weight is 397 g/mol. The maximum atomic E-state index is 4.43. The Morgan fingerprint density at radius 2 is 1.72 bits per heavy atom. The van der Waals surface area contributed by atoms with Gasteiger partial charge in [0.1, 0.15) is 6.33 Å². The molecular weight excluding hydrogens is 376 g/mol. The Balaban J connectivity index is 1.67. The van der Waals surface area contributed by atoms with Crippen LogP contribution in [0.2, 0.25) is 0 Å². The van der Waals surface area contributed by atoms with Crippen LogP contribution in [0, 0.1) is 0 Å². The zero-order valence-corrected chi connectivity index (χ0v) is 15.9. The number of aromatic nitrogens is 3. The molecular formula is C20H21BrN4. The number of fused-ring (bicyclic) bond motifs is 1. The van der Waals surface area contributed by atoms with Crippen LogP contribution in [0.3, 0.4) is 0 Å². The van der Waals surface area contributed by atoms with Crippen molar-refractivity contribution in [3.8, 4) is 0 Å². The number of anilines is 1. The van der Waals surface area contributed by atoms with Crippen molar-refractivity contribution in [3.05, 3.63) is 76.0 Å². The van der Waals surface area contributed by atoms with Gasteiger partial charge in [-0.25, -0.2) is 4.68 Å². The minimum absolute atomic E-state index is 0.182. The van der Waals surface area contributed by atoms with Gasteiger partial charge >= 0.3 is 0 Å². The average Bonchev–Trinajstić information content (AvgIpc) is 3.10. The Kier molecular flexibility index (Phi) is 4.34. The Morgan fingerprint density at radius 1 is 1.04 bits per heavy atom. The van der Waals surface area contributed by atoms with E-state index in [1.807, 2.05) is 4.68 Å². The van der Waals surface area contributed by atoms with Crippen LogP contribution in [0.25, 0.3) is 0 Å². The lowest BCUT2D eigenvalue weighted by molar-refractivity contribution is 0.431. The third kappa shape index (κ3) is 3.21. The van der Waals surface area contributed by atoms with Crippen molar-refractivity contribution in [3.63, 3.8) is 0 Å². The van der Waals surface area contributed by atoms with Crippen LogP contribution in [-0.2, 0) is 0 Å². The summed E-state index contributed by atoms with van der Waals surface area (Å²) in [5, 5.41) is 7.97. The van der Waals surface area contributed by atoms with Gasteiger partial charge in [0.25, 0.3) is 0 Å². The van der Waals surface area contributed by atoms with Crippen molar-refractivity contribution in [1.29, 1.82) is 0 Å². The molecule has 128 valence electrons. The van der Waals surface area contributed by atoms with Crippen molar-refractivity contribution in [2.45, 2.75) is 38.3 Å². The normalized spacial score (nSPS) is 19.5. The van der Waals surface area contributed by atoms with Gasteiger partial charge in [0, 0.05) is 4.47 Å². The van der Waals surface area contributed by atoms with E-state index in [4.69, 9.17) is 0 Å². The second-order valence-electron chi connectivity index (χ2n) is 6.85. The number of halogens is 1. The summed E-state index contributed by atoms with van der Waals surface area (Å²) in [6.45, 7) is 4.44. The largest absolute Gasteiger partial charge is 0.348 e. The van der Waals surface area contributed by atoms with E-state index in [1.165, 1.54) is 16.7 Å². The molecule has 1 aromatic heterocycles. The first-order valence-electron chi connectivity index (χ1n) is 8.63. The van der Waals surface area contributed by atoms with Crippen molar-refractivity contribution in [2.75, 3.05) is 5.32 Å². The smallest absolute Gasteiger partial charge is 0.222 e. The molecule has 0 aliphatic carbocycles. The fourth-order valence-corrected chi connectivity index (χ4v) is 3.68. The van der Waals surface area contributed by atoms with E-state index < -0.39 is 0 Å². The topological polar surface area (TPSA) is 42.7 Å². The predicted molar refractivity (Wildman–Crippen MR) is 104 cm³/mol. The number of benzene rings is 2. The summed E-state index contributed by atoms with van der Waals surface area (Å²) in [5.41, 5.74) is 3.91. The van der Waals surface area contributed by atoms with Crippen LogP contribution in [-0.4, -0.2) is 14.8 Å². The molecule has 4 nitrogen and oxygen atoms in total. The number of rotatable bonds is 3. The quantitative estimate of drug-likeness (QED) is 0.651. The van der Waals surface area contributed by atoms with Gasteiger partial charge in [-0.3, -0.25) is 0 Å². The van der Waals surface area contributed by atoms with Crippen LogP contribution < -0.4 is 5.32 Å². The minimum Gasteiger partial charge on any atom is -0.348 e. The fourth-order valence-electron chi connectivity index (χ4n) is 3.41. The molecule has 2 aromatic carbocycles. The molecule has 3 aromatic rings. The summed E-state index contributed by atoms with van der Waals surface area (Å²) >= 11 is 3.51. The second kappa shape index (κ2) is 6.64. The SMILES string of the molecule is CC(C)c1ccc([C@H]2C[C@H](c3ccc(Br)cc3)n3ncnc3N2)cc1. The maximum Gasteiger partial charge on any atom is 0.222 e. The van der Waals surface area contributed by atoms with E-state index in [2.05, 4.69) is 93.7 Å². The lowest BCUT2D eigenvalue weighted by atomic mass is 9.92. The maximum absolute atomic E-state index is 4.43. The number of hydrogen-bond donors (Lipinski definition) is 1. The van der Waals surface area contributed by atoms with Crippen molar-refractivity contribution < 1.29 is 0 Å². The zero-order valence-electron chi connectivity index (χ0n) is 14.4. The van der Waals surface area contributed by atoms with Crippen LogP contribution in [0.15, 0.2) is 59.3 Å². The fraction of sp³-hybridized carbons (Fsp3) is 0.300. The molecule has 0 unspecified atom stereocenters. The lowest BCUT2D eigenvalue weighted by Crippen LogP contribution is -2.28. The summed E-state index contributed by atoms with van der Waals surface area (Å²) in [4.78, 5) is 4.40. The highest BCUT2D eigenvalue weighted by atomic mass is 79.9. The van der Waals surface area contributed by atoms with Gasteiger partial charge in [-0.05, 0) is 41.2 Å². The highest BCUT2D eigenvalue weighted by Crippen LogP contribution is 2.37. The first kappa shape index (κ1) is 16.3. The van der Waals surface area contributed by atoms with Gasteiger partial charge in [-0.15, -0.1) is 0 Å². The van der Waals surface area contributed by atoms with Crippen LogP contribution in [0.4, 0.5) is 5.95 Å². The molecule has 5 heteroatoms. The number of nitrogens with zero attached hydrogens (tertiary/aromatic N) is 3. The van der Waals surface area contributed by atoms with Crippen LogP contribution in [0.5, 0.6) is 0 Å². The van der Waals surface area contributed by atoms with Crippen molar-refractivity contribution in [1.82, 2.24) is 14.8 Å². The first-order valence-corrected chi connectivity index (χ1v) is 9.42. The van der Waals surface area contributed by atoms with Gasteiger partial charge in [-0.1, -0.05) is 66.2 Å². The molecule has 0 radical (unpaired) electrons. The molecule has 1 aliphatic rings. The van der Waals surface area contributed by atoms with Gasteiger partial charge in [-0.2, -0.15) is 10.1 Å². The molecule has 1 N–H and O–H groups in total. The summed E-state index contributed by atoms with van der Waals surface area (Å²) in [5.74, 6) is 1.38. The molecule has 0 amide bonds. The highest BCUT2D eigenvalue weighted by Gasteiger charge is 2.29. The molecule has 1 aliphatic heterocycles. The Hall–Kier alpha value is -2.14. The second-order valence-corrected chi connectivity index (χ2v) is 7.77. The number of hydrogen-bond acceptors (Lipinski definition) is 3. The molecule has 2 heterocycles. The van der Waals surface area contributed by atoms with E-state index in [-0.39, 0.29) is 12.1 Å². The highest BCUT2D eigenvalue weighted by molar-refractivity contribution is 9.10. The Labute approximate surface area is 156 Å². The summed E-state index contributed by atoms with van der Waals surface area (Å²) in [7, 11) is 0. The molecule has 0 saturated heterocycles. The first-order chi connectivity index (χ1) is 12.1. The minimum atomic E-state index is 0.182. The van der Waals surface area contributed by atoms with E-state index in [0.717, 1.165) is 16.8 Å². The predicted octanol–water partition coefficient (Wildman–Crippen LogP) is 5.31. The lowest BCUT2D eigenvalue weighted by Gasteiger charge is -2.32. The zero-order chi connectivity index (χ0) is 17.4. The number of nitrogens with one attached hydrogen (secondary N) is 1.